The number of phenolic OH excluding ortho intramolecular Hbond substituents is 1. The van der Waals surface area contributed by atoms with E-state index in [2.05, 4.69) is 10.6 Å². The monoisotopic (exact) mass is 471 g/mol. The lowest BCUT2D eigenvalue weighted by Crippen LogP contribution is -2.38. The number of nitrogens with one attached hydrogen (secondary N) is 2. The van der Waals surface area contributed by atoms with Crippen molar-refractivity contribution in [2.75, 3.05) is 30.3 Å². The zero-order valence-electron chi connectivity index (χ0n) is 16.7. The van der Waals surface area contributed by atoms with Crippen LogP contribution in [0.1, 0.15) is 26.2 Å². The van der Waals surface area contributed by atoms with Gasteiger partial charge in [0.2, 0.25) is 0 Å². The van der Waals surface area contributed by atoms with E-state index in [9.17, 15) is 23.1 Å². The summed E-state index contributed by atoms with van der Waals surface area (Å²) in [4.78, 5) is 28.7. The van der Waals surface area contributed by atoms with Crippen molar-refractivity contribution in [3.05, 3.63) is 37.6 Å². The van der Waals surface area contributed by atoms with E-state index in [0.717, 1.165) is 17.3 Å². The highest BCUT2D eigenvalue weighted by molar-refractivity contribution is 7.89. The van der Waals surface area contributed by atoms with Gasteiger partial charge in [-0.2, -0.15) is 0 Å². The van der Waals surface area contributed by atoms with E-state index in [-0.39, 0.29) is 47.4 Å². The summed E-state index contributed by atoms with van der Waals surface area (Å²) in [5.74, 6) is -0.671. The molecular weight excluding hydrogens is 450 g/mol. The maximum atomic E-state index is 12.8. The number of sulfonamides is 1. The molecule has 0 aromatic heterocycles. The van der Waals surface area contributed by atoms with Crippen molar-refractivity contribution in [1.82, 2.24) is 4.47 Å². The van der Waals surface area contributed by atoms with Gasteiger partial charge in [0.15, 0.2) is 5.75 Å². The Balaban J connectivity index is 1.59. The molecule has 0 spiro atoms. The van der Waals surface area contributed by atoms with E-state index >= 15 is 0 Å². The van der Waals surface area contributed by atoms with Gasteiger partial charge in [-0.3, -0.25) is 14.4 Å². The Hall–Kier alpha value is -2.18. The predicted molar refractivity (Wildman–Crippen MR) is 114 cm³/mol. The van der Waals surface area contributed by atoms with Crippen LogP contribution in [0.5, 0.6) is 5.75 Å². The summed E-state index contributed by atoms with van der Waals surface area (Å²) in [6.45, 7) is 2.68. The molecule has 4 rings (SSSR count). The van der Waals surface area contributed by atoms with E-state index in [1.807, 2.05) is 6.92 Å². The van der Waals surface area contributed by atoms with Crippen LogP contribution >= 0.6 is 11.6 Å². The molecule has 2 aliphatic rings. The fourth-order valence-corrected chi connectivity index (χ4v) is 5.57. The molecule has 2 aromatic rings. The number of hydrogen-bond donors (Lipinski definition) is 3. The lowest BCUT2D eigenvalue weighted by atomic mass is 10.1. The Labute approximate surface area is 183 Å². The van der Waals surface area contributed by atoms with Gasteiger partial charge < -0.3 is 20.5 Å². The predicted octanol–water partition coefficient (Wildman–Crippen LogP) is 1.69. The maximum absolute atomic E-state index is 12.8. The molecule has 0 saturated carbocycles. The van der Waals surface area contributed by atoms with Crippen molar-refractivity contribution in [2.45, 2.75) is 43.3 Å². The zero-order valence-corrected chi connectivity index (χ0v) is 18.3. The van der Waals surface area contributed by atoms with Crippen LogP contribution in [0, 0.1) is 0 Å². The van der Waals surface area contributed by atoms with E-state index in [4.69, 9.17) is 21.2 Å². The van der Waals surface area contributed by atoms with Crippen molar-refractivity contribution in [3.63, 3.8) is 0 Å². The molecule has 0 aliphatic carbocycles. The molecule has 2 fully saturated rings. The number of ether oxygens (including phenoxy) is 1. The van der Waals surface area contributed by atoms with E-state index in [1.54, 1.807) is 0 Å². The molecule has 12 heteroatoms. The molecular formula is C19H22ClN3O7S. The second-order valence-corrected chi connectivity index (χ2v) is 9.72. The number of rotatable bonds is 7. The minimum atomic E-state index is -4.22. The smallest absolute Gasteiger partial charge is 0.270 e. The third kappa shape index (κ3) is 4.03. The molecule has 31 heavy (non-hydrogen) atoms. The van der Waals surface area contributed by atoms with Gasteiger partial charge in [-0.25, -0.2) is 8.42 Å². The molecule has 1 unspecified atom stereocenters. The van der Waals surface area contributed by atoms with Crippen molar-refractivity contribution in [2.24, 2.45) is 0 Å². The van der Waals surface area contributed by atoms with E-state index in [1.165, 1.54) is 12.1 Å². The molecule has 0 radical (unpaired) electrons. The molecule has 2 heterocycles. The normalized spacial score (nSPS) is 22.3. The van der Waals surface area contributed by atoms with Crippen molar-refractivity contribution in [3.8, 4) is 5.75 Å². The van der Waals surface area contributed by atoms with Gasteiger partial charge >= 0.3 is 0 Å². The summed E-state index contributed by atoms with van der Waals surface area (Å²) in [7, 11) is -4.22. The molecule has 2 aromatic carbocycles. The molecule has 0 amide bonds. The van der Waals surface area contributed by atoms with Gasteiger partial charge in [-0.1, -0.05) is 16.1 Å². The first-order chi connectivity index (χ1) is 14.7. The number of halogens is 1. The standard InChI is InChI=1S/C19H22ClN3O7S/c1-10-3-4-11(30-10)9-21-14-15(18(26)17(14)25)22-13-6-5-12(20)19(16(13)24)31(27,28)23-7-2-8-29-23/h5-6,10-11,21-22,24H,2-4,7-9H2,1H3/t10?,11-/m0/s1. The Morgan fingerprint density at radius 3 is 2.61 bits per heavy atom. The zero-order chi connectivity index (χ0) is 22.3. The summed E-state index contributed by atoms with van der Waals surface area (Å²) in [5, 5.41) is 16.0. The Bertz CT molecular complexity index is 1170. The first-order valence-electron chi connectivity index (χ1n) is 9.87. The Morgan fingerprint density at radius 2 is 1.97 bits per heavy atom. The lowest BCUT2D eigenvalue weighted by Gasteiger charge is -2.20. The molecule has 2 atom stereocenters. The summed E-state index contributed by atoms with van der Waals surface area (Å²) >= 11 is 6.06. The van der Waals surface area contributed by atoms with Crippen LogP contribution in [-0.4, -0.2) is 49.9 Å². The number of hydroxylamine groups is 1. The highest BCUT2D eigenvalue weighted by atomic mass is 35.5. The van der Waals surface area contributed by atoms with E-state index < -0.39 is 31.5 Å². The number of phenols is 1. The van der Waals surface area contributed by atoms with Gasteiger partial charge in [-0.15, -0.1) is 0 Å². The van der Waals surface area contributed by atoms with Crippen LogP contribution in [0.15, 0.2) is 26.6 Å². The third-order valence-electron chi connectivity index (χ3n) is 5.33. The Kier molecular flexibility index (Phi) is 5.97. The minimum Gasteiger partial charge on any atom is -0.504 e. The summed E-state index contributed by atoms with van der Waals surface area (Å²) < 4.78 is 32.1. The molecule has 0 bridgehead atoms. The average Bonchev–Trinajstić information content (AvgIpc) is 3.40. The second kappa shape index (κ2) is 8.40. The highest BCUT2D eigenvalue weighted by Crippen LogP contribution is 2.40. The number of hydrogen-bond acceptors (Lipinski definition) is 9. The van der Waals surface area contributed by atoms with Crippen molar-refractivity contribution >= 4 is 38.7 Å². The summed E-state index contributed by atoms with van der Waals surface area (Å²) in [6.07, 6.45) is 2.33. The summed E-state index contributed by atoms with van der Waals surface area (Å²) in [6, 6.07) is 2.60. The molecule has 10 nitrogen and oxygen atoms in total. The molecule has 2 saturated heterocycles. The number of aromatic hydroxyl groups is 1. The number of benzene rings is 1. The van der Waals surface area contributed by atoms with Crippen LogP contribution in [0.25, 0.3) is 0 Å². The summed E-state index contributed by atoms with van der Waals surface area (Å²) in [5.41, 5.74) is -1.54. The van der Waals surface area contributed by atoms with Crippen LogP contribution in [0.4, 0.5) is 17.1 Å². The van der Waals surface area contributed by atoms with Crippen LogP contribution in [0.2, 0.25) is 5.02 Å². The van der Waals surface area contributed by atoms with Gasteiger partial charge in [0.25, 0.3) is 20.9 Å². The van der Waals surface area contributed by atoms with Gasteiger partial charge in [-0.05, 0) is 38.3 Å². The van der Waals surface area contributed by atoms with Gasteiger partial charge in [0, 0.05) is 13.1 Å². The average molecular weight is 472 g/mol. The largest absolute Gasteiger partial charge is 0.504 e. The van der Waals surface area contributed by atoms with Crippen LogP contribution in [0.3, 0.4) is 0 Å². The SMILES string of the molecule is CC1CC[C@@H](CNc2c(Nc3ccc(Cl)c(S(=O)(=O)N4CCCO4)c3O)c(=O)c2=O)O1. The topological polar surface area (TPSA) is 134 Å². The quantitative estimate of drug-likeness (QED) is 0.407. The first kappa shape index (κ1) is 22.0. The number of nitrogens with zero attached hydrogens (tertiary/aromatic N) is 1. The maximum Gasteiger partial charge on any atom is 0.270 e. The minimum absolute atomic E-state index is 0.0607. The fraction of sp³-hybridized carbons (Fsp3) is 0.474. The Morgan fingerprint density at radius 1 is 1.23 bits per heavy atom. The third-order valence-corrected chi connectivity index (χ3v) is 7.51. The van der Waals surface area contributed by atoms with Crippen molar-refractivity contribution < 1.29 is 23.1 Å². The number of anilines is 3. The second-order valence-electron chi connectivity index (χ2n) is 7.55. The molecule has 168 valence electrons. The molecule has 2 aliphatic heterocycles. The highest BCUT2D eigenvalue weighted by Gasteiger charge is 2.35. The van der Waals surface area contributed by atoms with Gasteiger partial charge in [0.05, 0.1) is 29.5 Å². The van der Waals surface area contributed by atoms with Crippen molar-refractivity contribution in [1.29, 1.82) is 0 Å². The van der Waals surface area contributed by atoms with Crippen LogP contribution in [-0.2, 0) is 19.6 Å². The molecule has 3 N–H and O–H groups in total. The fourth-order valence-electron chi connectivity index (χ4n) is 3.67. The first-order valence-corrected chi connectivity index (χ1v) is 11.7. The lowest BCUT2D eigenvalue weighted by molar-refractivity contribution is -0.0285. The van der Waals surface area contributed by atoms with Gasteiger partial charge in [0.1, 0.15) is 16.3 Å². The van der Waals surface area contributed by atoms with E-state index in [0.29, 0.717) is 13.0 Å². The van der Waals surface area contributed by atoms with Crippen LogP contribution < -0.4 is 21.5 Å².